The lowest BCUT2D eigenvalue weighted by Gasteiger charge is -2.12. The zero-order valence-electron chi connectivity index (χ0n) is 11.1. The predicted octanol–water partition coefficient (Wildman–Crippen LogP) is 3.26. The van der Waals surface area contributed by atoms with Crippen LogP contribution in [-0.2, 0) is 0 Å². The summed E-state index contributed by atoms with van der Waals surface area (Å²) in [7, 11) is 0. The number of aryl methyl sites for hydroxylation is 1. The molecule has 0 saturated heterocycles. The van der Waals surface area contributed by atoms with Gasteiger partial charge in [0, 0.05) is 16.8 Å². The van der Waals surface area contributed by atoms with Crippen molar-refractivity contribution in [3.8, 4) is 22.9 Å². The van der Waals surface area contributed by atoms with Crippen LogP contribution in [0.25, 0.3) is 11.1 Å². The second-order valence-corrected chi connectivity index (χ2v) is 4.37. The summed E-state index contributed by atoms with van der Waals surface area (Å²) < 4.78 is 54.3. The van der Waals surface area contributed by atoms with Crippen molar-refractivity contribution in [3.63, 3.8) is 0 Å². The van der Waals surface area contributed by atoms with Crippen LogP contribution < -0.4 is 10.3 Å². The first-order valence-electron chi connectivity index (χ1n) is 5.91. The number of ether oxygens (including phenoxy) is 1. The van der Waals surface area contributed by atoms with E-state index in [1.807, 2.05) is 0 Å². The first kappa shape index (κ1) is 15.6. The fraction of sp³-hybridized carbons (Fsp3) is 0.143. The number of nitriles is 1. The minimum Gasteiger partial charge on any atom is -0.406 e. The Kier molecular flexibility index (Phi) is 3.91. The van der Waals surface area contributed by atoms with Crippen molar-refractivity contribution in [1.29, 1.82) is 5.26 Å². The van der Waals surface area contributed by atoms with Crippen LogP contribution in [0.5, 0.6) is 5.75 Å². The highest BCUT2D eigenvalue weighted by Crippen LogP contribution is 2.31. The summed E-state index contributed by atoms with van der Waals surface area (Å²) >= 11 is 0. The molecule has 22 heavy (non-hydrogen) atoms. The molecular weight excluding hydrogens is 304 g/mol. The zero-order valence-corrected chi connectivity index (χ0v) is 11.1. The third kappa shape index (κ3) is 3.25. The van der Waals surface area contributed by atoms with Crippen molar-refractivity contribution in [2.24, 2.45) is 0 Å². The molecule has 114 valence electrons. The van der Waals surface area contributed by atoms with Crippen molar-refractivity contribution in [2.45, 2.75) is 13.3 Å². The van der Waals surface area contributed by atoms with Gasteiger partial charge in [0.2, 0.25) is 0 Å². The highest BCUT2D eigenvalue weighted by molar-refractivity contribution is 5.72. The van der Waals surface area contributed by atoms with Crippen LogP contribution in [0, 0.1) is 24.1 Å². The van der Waals surface area contributed by atoms with E-state index < -0.39 is 29.1 Å². The molecule has 0 aliphatic carbocycles. The van der Waals surface area contributed by atoms with Gasteiger partial charge in [-0.05, 0) is 31.2 Å². The standard InChI is InChI=1S/C14H8F4N2O2/c1-7-4-9(11(6-19)13(21)20-7)10-5-8(2-3-12(10)15)22-14(16,17)18/h2-5H,1H3,(H,20,21). The van der Waals surface area contributed by atoms with Gasteiger partial charge < -0.3 is 9.72 Å². The molecule has 0 aliphatic heterocycles. The lowest BCUT2D eigenvalue weighted by molar-refractivity contribution is -0.274. The Bertz CT molecular complexity index is 819. The van der Waals surface area contributed by atoms with Gasteiger partial charge in [-0.25, -0.2) is 4.39 Å². The van der Waals surface area contributed by atoms with Crippen LogP contribution in [0.4, 0.5) is 17.6 Å². The smallest absolute Gasteiger partial charge is 0.406 e. The van der Waals surface area contributed by atoms with Crippen molar-refractivity contribution < 1.29 is 22.3 Å². The molecular formula is C14H8F4N2O2. The molecule has 0 saturated carbocycles. The first-order valence-corrected chi connectivity index (χ1v) is 5.91. The normalized spacial score (nSPS) is 11.1. The molecule has 1 aromatic carbocycles. The van der Waals surface area contributed by atoms with E-state index in [1.54, 1.807) is 6.07 Å². The predicted molar refractivity (Wildman–Crippen MR) is 68.6 cm³/mol. The van der Waals surface area contributed by atoms with Gasteiger partial charge in [0.25, 0.3) is 5.56 Å². The summed E-state index contributed by atoms with van der Waals surface area (Å²) in [5, 5.41) is 8.99. The molecule has 0 atom stereocenters. The first-order chi connectivity index (χ1) is 10.2. The molecule has 0 aliphatic rings. The van der Waals surface area contributed by atoms with Gasteiger partial charge in [0.1, 0.15) is 23.2 Å². The Morgan fingerprint density at radius 2 is 1.91 bits per heavy atom. The monoisotopic (exact) mass is 312 g/mol. The Labute approximate surface area is 121 Å². The lowest BCUT2D eigenvalue weighted by Crippen LogP contribution is -2.17. The summed E-state index contributed by atoms with van der Waals surface area (Å²) in [6, 6.07) is 5.28. The van der Waals surface area contributed by atoms with Gasteiger partial charge in [-0.1, -0.05) is 0 Å². The summed E-state index contributed by atoms with van der Waals surface area (Å²) in [4.78, 5) is 14.0. The fourth-order valence-corrected chi connectivity index (χ4v) is 1.92. The van der Waals surface area contributed by atoms with Gasteiger partial charge in [-0.2, -0.15) is 5.26 Å². The van der Waals surface area contributed by atoms with Crippen molar-refractivity contribution in [1.82, 2.24) is 4.98 Å². The van der Waals surface area contributed by atoms with E-state index in [2.05, 4.69) is 9.72 Å². The molecule has 0 bridgehead atoms. The number of benzene rings is 1. The molecule has 0 radical (unpaired) electrons. The maximum absolute atomic E-state index is 13.9. The van der Waals surface area contributed by atoms with E-state index in [1.165, 1.54) is 13.0 Å². The second kappa shape index (κ2) is 5.52. The largest absolute Gasteiger partial charge is 0.573 e. The van der Waals surface area contributed by atoms with E-state index in [0.717, 1.165) is 18.2 Å². The average molecular weight is 312 g/mol. The van der Waals surface area contributed by atoms with E-state index in [0.29, 0.717) is 5.69 Å². The molecule has 0 fully saturated rings. The second-order valence-electron chi connectivity index (χ2n) is 4.37. The van der Waals surface area contributed by atoms with Crippen LogP contribution in [0.15, 0.2) is 29.1 Å². The molecule has 0 amide bonds. The fourth-order valence-electron chi connectivity index (χ4n) is 1.92. The summed E-state index contributed by atoms with van der Waals surface area (Å²) in [6.45, 7) is 1.50. The number of nitrogens with zero attached hydrogens (tertiary/aromatic N) is 1. The zero-order chi connectivity index (χ0) is 16.5. The summed E-state index contributed by atoms with van der Waals surface area (Å²) in [5.74, 6) is -1.53. The number of aromatic nitrogens is 1. The number of pyridine rings is 1. The Morgan fingerprint density at radius 3 is 2.50 bits per heavy atom. The van der Waals surface area contributed by atoms with Crippen molar-refractivity contribution in [3.05, 3.63) is 51.7 Å². The molecule has 2 aromatic rings. The third-order valence-corrected chi connectivity index (χ3v) is 2.74. The molecule has 0 spiro atoms. The van der Waals surface area contributed by atoms with E-state index >= 15 is 0 Å². The van der Waals surface area contributed by atoms with Crippen LogP contribution in [0.3, 0.4) is 0 Å². The molecule has 1 N–H and O–H groups in total. The summed E-state index contributed by atoms with van der Waals surface area (Å²) in [6.07, 6.45) is -4.93. The number of nitrogens with one attached hydrogen (secondary N) is 1. The number of rotatable bonds is 2. The van der Waals surface area contributed by atoms with Gasteiger partial charge in [0.15, 0.2) is 0 Å². The highest BCUT2D eigenvalue weighted by Gasteiger charge is 2.31. The van der Waals surface area contributed by atoms with E-state index in [-0.39, 0.29) is 11.1 Å². The minimum atomic E-state index is -4.93. The van der Waals surface area contributed by atoms with Crippen LogP contribution >= 0.6 is 0 Å². The third-order valence-electron chi connectivity index (χ3n) is 2.74. The Hall–Kier alpha value is -2.82. The molecule has 4 nitrogen and oxygen atoms in total. The van der Waals surface area contributed by atoms with Crippen molar-refractivity contribution in [2.75, 3.05) is 0 Å². The van der Waals surface area contributed by atoms with Crippen molar-refractivity contribution >= 4 is 0 Å². The Balaban J connectivity index is 2.65. The van der Waals surface area contributed by atoms with Crippen LogP contribution in [0.2, 0.25) is 0 Å². The highest BCUT2D eigenvalue weighted by atomic mass is 19.4. The number of alkyl halides is 3. The van der Waals surface area contributed by atoms with Crippen LogP contribution in [0.1, 0.15) is 11.3 Å². The average Bonchev–Trinajstić information content (AvgIpc) is 2.38. The summed E-state index contributed by atoms with van der Waals surface area (Å²) in [5.41, 5.74) is -1.24. The van der Waals surface area contributed by atoms with Gasteiger partial charge in [-0.15, -0.1) is 13.2 Å². The molecule has 1 heterocycles. The molecule has 8 heteroatoms. The minimum absolute atomic E-state index is 0.103. The number of hydrogen-bond donors (Lipinski definition) is 1. The van der Waals surface area contributed by atoms with Gasteiger partial charge >= 0.3 is 6.36 Å². The molecule has 0 unspecified atom stereocenters. The number of aromatic amines is 1. The van der Waals surface area contributed by atoms with E-state index in [4.69, 9.17) is 5.26 Å². The quantitative estimate of drug-likeness (QED) is 0.866. The molecule has 1 aromatic heterocycles. The lowest BCUT2D eigenvalue weighted by atomic mass is 10.0. The Morgan fingerprint density at radius 1 is 1.23 bits per heavy atom. The maximum atomic E-state index is 13.9. The number of halogens is 4. The number of hydrogen-bond acceptors (Lipinski definition) is 3. The van der Waals surface area contributed by atoms with Gasteiger partial charge in [0.05, 0.1) is 0 Å². The molecule has 2 rings (SSSR count). The SMILES string of the molecule is Cc1cc(-c2cc(OC(F)(F)F)ccc2F)c(C#N)c(=O)[nH]1. The topological polar surface area (TPSA) is 65.9 Å². The van der Waals surface area contributed by atoms with Gasteiger partial charge in [-0.3, -0.25) is 4.79 Å². The van der Waals surface area contributed by atoms with Crippen LogP contribution in [-0.4, -0.2) is 11.3 Å². The maximum Gasteiger partial charge on any atom is 0.573 e. The number of H-pyrrole nitrogens is 1. The van der Waals surface area contributed by atoms with E-state index in [9.17, 15) is 22.4 Å².